The van der Waals surface area contributed by atoms with Gasteiger partial charge in [0.15, 0.2) is 0 Å². The van der Waals surface area contributed by atoms with Crippen molar-refractivity contribution in [3.05, 3.63) is 23.0 Å². The molecule has 0 aromatic carbocycles. The van der Waals surface area contributed by atoms with Crippen LogP contribution in [0.5, 0.6) is 0 Å². The van der Waals surface area contributed by atoms with Crippen molar-refractivity contribution >= 4 is 17.0 Å². The van der Waals surface area contributed by atoms with E-state index in [1.165, 1.54) is 7.11 Å². The van der Waals surface area contributed by atoms with Gasteiger partial charge in [-0.05, 0) is 30.7 Å². The highest BCUT2D eigenvalue weighted by molar-refractivity contribution is 6.05. The number of hydrogen-bond acceptors (Lipinski definition) is 5. The normalized spacial score (nSPS) is 15.3. The molecule has 0 saturated heterocycles. The van der Waals surface area contributed by atoms with E-state index in [1.54, 1.807) is 0 Å². The van der Waals surface area contributed by atoms with Crippen LogP contribution in [0, 0.1) is 5.41 Å². The van der Waals surface area contributed by atoms with Gasteiger partial charge >= 0.3 is 0 Å². The van der Waals surface area contributed by atoms with Crippen molar-refractivity contribution in [1.82, 2.24) is 15.6 Å². The second-order valence-corrected chi connectivity index (χ2v) is 7.05. The molecule has 118 valence electrons. The number of amides is 1. The monoisotopic (exact) mass is 303 g/mol. The molecular weight excluding hydrogens is 282 g/mol. The summed E-state index contributed by atoms with van der Waals surface area (Å²) < 4.78 is 5.40. The molecule has 3 rings (SSSR count). The predicted octanol–water partition coefficient (Wildman–Crippen LogP) is 2.98. The van der Waals surface area contributed by atoms with E-state index in [0.29, 0.717) is 29.0 Å². The molecule has 1 aliphatic carbocycles. The summed E-state index contributed by atoms with van der Waals surface area (Å²) in [4.78, 5) is 21.6. The van der Waals surface area contributed by atoms with Crippen molar-refractivity contribution < 1.29 is 14.2 Å². The first-order valence-electron chi connectivity index (χ1n) is 7.51. The van der Waals surface area contributed by atoms with Crippen molar-refractivity contribution in [1.29, 1.82) is 0 Å². The number of carbonyl (C=O) groups is 1. The molecule has 2 heterocycles. The second kappa shape index (κ2) is 5.35. The number of rotatable bonds is 4. The van der Waals surface area contributed by atoms with Crippen LogP contribution in [0.3, 0.4) is 0 Å². The minimum atomic E-state index is -0.296. The van der Waals surface area contributed by atoms with Gasteiger partial charge in [-0.3, -0.25) is 9.63 Å². The highest BCUT2D eigenvalue weighted by Crippen LogP contribution is 2.40. The fourth-order valence-electron chi connectivity index (χ4n) is 2.57. The van der Waals surface area contributed by atoms with Crippen LogP contribution < -0.4 is 5.48 Å². The maximum absolute atomic E-state index is 12.3. The SMILES string of the molecule is CONC(=O)c1cc(C2CC2)nc2onc(CC(C)(C)C)c12. The van der Waals surface area contributed by atoms with Crippen LogP contribution in [0.15, 0.2) is 10.6 Å². The van der Waals surface area contributed by atoms with Crippen LogP contribution >= 0.6 is 0 Å². The summed E-state index contributed by atoms with van der Waals surface area (Å²) >= 11 is 0. The van der Waals surface area contributed by atoms with E-state index >= 15 is 0 Å². The molecule has 1 amide bonds. The van der Waals surface area contributed by atoms with Gasteiger partial charge in [-0.1, -0.05) is 25.9 Å². The first-order valence-corrected chi connectivity index (χ1v) is 7.51. The number of nitrogens with one attached hydrogen (secondary N) is 1. The lowest BCUT2D eigenvalue weighted by atomic mass is 9.89. The number of hydrogen-bond donors (Lipinski definition) is 1. The van der Waals surface area contributed by atoms with Gasteiger partial charge in [0.1, 0.15) is 0 Å². The van der Waals surface area contributed by atoms with E-state index in [4.69, 9.17) is 9.36 Å². The van der Waals surface area contributed by atoms with E-state index in [2.05, 4.69) is 36.4 Å². The van der Waals surface area contributed by atoms with Crippen molar-refractivity contribution in [3.8, 4) is 0 Å². The van der Waals surface area contributed by atoms with Crippen LogP contribution in [0.25, 0.3) is 11.1 Å². The van der Waals surface area contributed by atoms with Gasteiger partial charge in [-0.2, -0.15) is 0 Å². The summed E-state index contributed by atoms with van der Waals surface area (Å²) in [7, 11) is 1.42. The summed E-state index contributed by atoms with van der Waals surface area (Å²) in [6.07, 6.45) is 2.91. The minimum Gasteiger partial charge on any atom is -0.336 e. The Kier molecular flexibility index (Phi) is 3.64. The summed E-state index contributed by atoms with van der Waals surface area (Å²) in [6, 6.07) is 1.84. The Bertz CT molecular complexity index is 711. The Hall–Kier alpha value is -1.95. The molecule has 1 fully saturated rings. The summed E-state index contributed by atoms with van der Waals surface area (Å²) in [6.45, 7) is 6.36. The minimum absolute atomic E-state index is 0.0357. The van der Waals surface area contributed by atoms with E-state index in [-0.39, 0.29) is 11.3 Å². The molecule has 0 spiro atoms. The molecule has 1 aliphatic rings. The van der Waals surface area contributed by atoms with Gasteiger partial charge < -0.3 is 4.52 Å². The van der Waals surface area contributed by atoms with E-state index in [9.17, 15) is 4.79 Å². The van der Waals surface area contributed by atoms with E-state index < -0.39 is 0 Å². The molecule has 0 atom stereocenters. The molecule has 1 N–H and O–H groups in total. The van der Waals surface area contributed by atoms with Gasteiger partial charge in [0, 0.05) is 11.6 Å². The number of carbonyl (C=O) groups excluding carboxylic acids is 1. The summed E-state index contributed by atoms with van der Waals surface area (Å²) in [5, 5.41) is 4.84. The molecule has 0 aliphatic heterocycles. The van der Waals surface area contributed by atoms with Gasteiger partial charge in [-0.15, -0.1) is 0 Å². The van der Waals surface area contributed by atoms with Crippen LogP contribution in [-0.4, -0.2) is 23.2 Å². The quantitative estimate of drug-likeness (QED) is 0.879. The standard InChI is InChI=1S/C16H21N3O3/c1-16(2,3)8-12-13-10(14(20)19-21-4)7-11(9-5-6-9)17-15(13)22-18-12/h7,9H,5-6,8H2,1-4H3,(H,19,20). The van der Waals surface area contributed by atoms with Crippen LogP contribution in [0.2, 0.25) is 0 Å². The van der Waals surface area contributed by atoms with Crippen LogP contribution in [-0.2, 0) is 11.3 Å². The van der Waals surface area contributed by atoms with Gasteiger partial charge in [-0.25, -0.2) is 10.5 Å². The molecule has 0 radical (unpaired) electrons. The third kappa shape index (κ3) is 2.97. The van der Waals surface area contributed by atoms with Gasteiger partial charge in [0.05, 0.1) is 23.8 Å². The Labute approximate surface area is 129 Å². The smallest absolute Gasteiger partial charge is 0.275 e. The molecule has 6 nitrogen and oxygen atoms in total. The fraction of sp³-hybridized carbons (Fsp3) is 0.562. The average Bonchev–Trinajstić information content (AvgIpc) is 3.20. The second-order valence-electron chi connectivity index (χ2n) is 7.05. The molecule has 6 heteroatoms. The number of pyridine rings is 1. The van der Waals surface area contributed by atoms with Gasteiger partial charge in [0.2, 0.25) is 0 Å². The first kappa shape index (κ1) is 15.0. The number of aromatic nitrogens is 2. The van der Waals surface area contributed by atoms with E-state index in [0.717, 1.165) is 24.2 Å². The number of nitrogens with zero attached hydrogens (tertiary/aromatic N) is 2. The Morgan fingerprint density at radius 3 is 2.77 bits per heavy atom. The molecule has 1 saturated carbocycles. The van der Waals surface area contributed by atoms with Crippen molar-refractivity contribution in [2.75, 3.05) is 7.11 Å². The molecule has 2 aromatic rings. The lowest BCUT2D eigenvalue weighted by Gasteiger charge is -2.16. The third-order valence-electron chi connectivity index (χ3n) is 3.67. The van der Waals surface area contributed by atoms with Crippen molar-refractivity contribution in [2.45, 2.75) is 46.0 Å². The number of hydroxylamine groups is 1. The van der Waals surface area contributed by atoms with E-state index in [1.807, 2.05) is 6.07 Å². The highest BCUT2D eigenvalue weighted by atomic mass is 16.6. The zero-order valence-corrected chi connectivity index (χ0v) is 13.4. The molecular formula is C16H21N3O3. The van der Waals surface area contributed by atoms with Gasteiger partial charge in [0.25, 0.3) is 11.6 Å². The maximum atomic E-state index is 12.3. The molecule has 0 unspecified atom stereocenters. The number of fused-ring (bicyclic) bond motifs is 1. The zero-order chi connectivity index (χ0) is 15.9. The Balaban J connectivity index is 2.13. The topological polar surface area (TPSA) is 77.2 Å². The van der Waals surface area contributed by atoms with Crippen molar-refractivity contribution in [2.24, 2.45) is 5.41 Å². The summed E-state index contributed by atoms with van der Waals surface area (Å²) in [5.74, 6) is 0.129. The zero-order valence-electron chi connectivity index (χ0n) is 13.4. The summed E-state index contributed by atoms with van der Waals surface area (Å²) in [5.41, 5.74) is 5.04. The average molecular weight is 303 g/mol. The molecule has 2 aromatic heterocycles. The fourth-order valence-corrected chi connectivity index (χ4v) is 2.57. The lowest BCUT2D eigenvalue weighted by molar-refractivity contribution is 0.0539. The Morgan fingerprint density at radius 2 is 2.18 bits per heavy atom. The molecule has 0 bridgehead atoms. The van der Waals surface area contributed by atoms with Crippen LogP contribution in [0.4, 0.5) is 0 Å². The van der Waals surface area contributed by atoms with Crippen molar-refractivity contribution in [3.63, 3.8) is 0 Å². The highest BCUT2D eigenvalue weighted by Gasteiger charge is 2.29. The lowest BCUT2D eigenvalue weighted by Crippen LogP contribution is -2.22. The maximum Gasteiger partial charge on any atom is 0.275 e. The molecule has 22 heavy (non-hydrogen) atoms. The largest absolute Gasteiger partial charge is 0.336 e. The first-order chi connectivity index (χ1) is 10.4. The Morgan fingerprint density at radius 1 is 1.45 bits per heavy atom. The van der Waals surface area contributed by atoms with Crippen LogP contribution in [0.1, 0.15) is 61.3 Å². The third-order valence-corrected chi connectivity index (χ3v) is 3.67. The predicted molar refractivity (Wildman–Crippen MR) is 81.4 cm³/mol.